The first-order valence-electron chi connectivity index (χ1n) is 7.01. The van der Waals surface area contributed by atoms with Crippen LogP contribution in [0.15, 0.2) is 24.3 Å². The number of rotatable bonds is 5. The van der Waals surface area contributed by atoms with Gasteiger partial charge in [0, 0.05) is 23.3 Å². The van der Waals surface area contributed by atoms with Crippen LogP contribution in [0.5, 0.6) is 23.0 Å². The molecule has 0 heterocycles. The first-order chi connectivity index (χ1) is 10.5. The summed E-state index contributed by atoms with van der Waals surface area (Å²) < 4.78 is 21.8. The van der Waals surface area contributed by atoms with Crippen molar-refractivity contribution in [2.75, 3.05) is 28.4 Å². The van der Waals surface area contributed by atoms with Gasteiger partial charge in [0.25, 0.3) is 0 Å². The van der Waals surface area contributed by atoms with E-state index in [0.29, 0.717) is 0 Å². The molecule has 4 heteroatoms. The predicted octanol–water partition coefficient (Wildman–Crippen LogP) is 4.00. The largest absolute Gasteiger partial charge is 0.497 e. The highest BCUT2D eigenvalue weighted by atomic mass is 16.5. The van der Waals surface area contributed by atoms with E-state index in [-0.39, 0.29) is 0 Å². The number of hydrogen-bond acceptors (Lipinski definition) is 4. The zero-order chi connectivity index (χ0) is 16.3. The summed E-state index contributed by atoms with van der Waals surface area (Å²) in [6.07, 6.45) is 0. The van der Waals surface area contributed by atoms with Gasteiger partial charge >= 0.3 is 0 Å². The Kier molecular flexibility index (Phi) is 4.81. The van der Waals surface area contributed by atoms with Crippen LogP contribution in [-0.4, -0.2) is 28.4 Å². The number of benzene rings is 2. The van der Waals surface area contributed by atoms with E-state index in [1.165, 1.54) is 0 Å². The molecular formula is C18H22O4. The summed E-state index contributed by atoms with van der Waals surface area (Å²) in [6, 6.07) is 7.73. The first-order valence-corrected chi connectivity index (χ1v) is 7.01. The minimum Gasteiger partial charge on any atom is -0.497 e. The summed E-state index contributed by atoms with van der Waals surface area (Å²) in [7, 11) is 6.60. The summed E-state index contributed by atoms with van der Waals surface area (Å²) in [5, 5.41) is 0. The van der Waals surface area contributed by atoms with Gasteiger partial charge in [-0.25, -0.2) is 0 Å². The van der Waals surface area contributed by atoms with E-state index in [4.69, 9.17) is 18.9 Å². The van der Waals surface area contributed by atoms with E-state index in [1.807, 2.05) is 38.1 Å². The lowest BCUT2D eigenvalue weighted by Crippen LogP contribution is -1.98. The molecule has 0 aliphatic carbocycles. The van der Waals surface area contributed by atoms with Gasteiger partial charge in [-0.3, -0.25) is 0 Å². The molecule has 2 aromatic rings. The summed E-state index contributed by atoms with van der Waals surface area (Å²) in [6.45, 7) is 4.06. The average molecular weight is 302 g/mol. The van der Waals surface area contributed by atoms with Crippen molar-refractivity contribution in [2.24, 2.45) is 0 Å². The van der Waals surface area contributed by atoms with Crippen LogP contribution in [0, 0.1) is 13.8 Å². The third-order valence-electron chi connectivity index (χ3n) is 3.71. The van der Waals surface area contributed by atoms with Gasteiger partial charge in [-0.15, -0.1) is 0 Å². The fraction of sp³-hybridized carbons (Fsp3) is 0.333. The molecule has 0 N–H and O–H groups in total. The molecule has 0 saturated carbocycles. The quantitative estimate of drug-likeness (QED) is 0.836. The topological polar surface area (TPSA) is 36.9 Å². The molecule has 0 saturated heterocycles. The second-order valence-electron chi connectivity index (χ2n) is 5.04. The second-order valence-corrected chi connectivity index (χ2v) is 5.04. The Morgan fingerprint density at radius 1 is 0.545 bits per heavy atom. The van der Waals surface area contributed by atoms with Crippen LogP contribution >= 0.6 is 0 Å². The Morgan fingerprint density at radius 2 is 0.909 bits per heavy atom. The molecule has 2 aromatic carbocycles. The molecule has 0 aliphatic rings. The highest BCUT2D eigenvalue weighted by molar-refractivity contribution is 5.82. The Bertz CT molecular complexity index is 618. The maximum Gasteiger partial charge on any atom is 0.130 e. The van der Waals surface area contributed by atoms with E-state index in [2.05, 4.69) is 0 Å². The Balaban J connectivity index is 2.76. The molecule has 0 fully saturated rings. The maximum atomic E-state index is 5.57. The van der Waals surface area contributed by atoms with Gasteiger partial charge in [-0.1, -0.05) is 0 Å². The molecule has 0 atom stereocenters. The molecule has 0 bridgehead atoms. The highest BCUT2D eigenvalue weighted by Crippen LogP contribution is 2.44. The van der Waals surface area contributed by atoms with Crippen molar-refractivity contribution in [1.29, 1.82) is 0 Å². The van der Waals surface area contributed by atoms with Crippen molar-refractivity contribution in [3.63, 3.8) is 0 Å². The molecule has 0 aromatic heterocycles. The van der Waals surface area contributed by atoms with Gasteiger partial charge in [-0.2, -0.15) is 0 Å². The van der Waals surface area contributed by atoms with Crippen molar-refractivity contribution < 1.29 is 18.9 Å². The van der Waals surface area contributed by atoms with E-state index < -0.39 is 0 Å². The Labute approximate surface area is 131 Å². The van der Waals surface area contributed by atoms with Gasteiger partial charge < -0.3 is 18.9 Å². The number of ether oxygens (including phenoxy) is 4. The number of aryl methyl sites for hydroxylation is 2. The van der Waals surface area contributed by atoms with Crippen LogP contribution in [0.4, 0.5) is 0 Å². The maximum absolute atomic E-state index is 5.57. The third-order valence-corrected chi connectivity index (χ3v) is 3.71. The SMILES string of the molecule is COc1cc(C)c(-c2c(C)cc(OC)cc2OC)c(OC)c1. The number of methoxy groups -OCH3 is 4. The molecule has 4 nitrogen and oxygen atoms in total. The van der Waals surface area contributed by atoms with Gasteiger partial charge in [-0.05, 0) is 37.1 Å². The average Bonchev–Trinajstić information content (AvgIpc) is 2.53. The molecular weight excluding hydrogens is 280 g/mol. The summed E-state index contributed by atoms with van der Waals surface area (Å²) in [5.41, 5.74) is 4.12. The van der Waals surface area contributed by atoms with Gasteiger partial charge in [0.15, 0.2) is 0 Å². The standard InChI is InChI=1S/C18H22O4/c1-11-7-13(19-3)9-15(21-5)17(11)18-12(2)8-14(20-4)10-16(18)22-6/h7-10H,1-6H3. The summed E-state index contributed by atoms with van der Waals surface area (Å²) >= 11 is 0. The fourth-order valence-electron chi connectivity index (χ4n) is 2.64. The van der Waals surface area contributed by atoms with Gasteiger partial charge in [0.1, 0.15) is 23.0 Å². The zero-order valence-electron chi connectivity index (χ0n) is 13.9. The number of hydrogen-bond donors (Lipinski definition) is 0. The van der Waals surface area contributed by atoms with Gasteiger partial charge in [0.2, 0.25) is 0 Å². The molecule has 118 valence electrons. The molecule has 2 rings (SSSR count). The van der Waals surface area contributed by atoms with Gasteiger partial charge in [0.05, 0.1) is 28.4 Å². The molecule has 0 unspecified atom stereocenters. The molecule has 0 radical (unpaired) electrons. The zero-order valence-corrected chi connectivity index (χ0v) is 13.9. The Morgan fingerprint density at radius 3 is 1.18 bits per heavy atom. The third kappa shape index (κ3) is 2.82. The van der Waals surface area contributed by atoms with Crippen molar-refractivity contribution >= 4 is 0 Å². The molecule has 22 heavy (non-hydrogen) atoms. The van der Waals surface area contributed by atoms with Crippen LogP contribution in [0.25, 0.3) is 11.1 Å². The summed E-state index contributed by atoms with van der Waals surface area (Å²) in [4.78, 5) is 0. The lowest BCUT2D eigenvalue weighted by Gasteiger charge is -2.19. The lowest BCUT2D eigenvalue weighted by molar-refractivity contribution is 0.390. The van der Waals surface area contributed by atoms with Crippen LogP contribution in [0.1, 0.15) is 11.1 Å². The van der Waals surface area contributed by atoms with Crippen LogP contribution in [-0.2, 0) is 0 Å². The molecule has 0 aliphatic heterocycles. The smallest absolute Gasteiger partial charge is 0.130 e. The second kappa shape index (κ2) is 6.60. The fourth-order valence-corrected chi connectivity index (χ4v) is 2.64. The van der Waals surface area contributed by atoms with Crippen molar-refractivity contribution in [3.8, 4) is 34.1 Å². The minimum absolute atomic E-state index is 0.753. The lowest BCUT2D eigenvalue weighted by atomic mass is 9.94. The highest BCUT2D eigenvalue weighted by Gasteiger charge is 2.19. The van der Waals surface area contributed by atoms with E-state index in [1.54, 1.807) is 28.4 Å². The molecule has 0 amide bonds. The van der Waals surface area contributed by atoms with Crippen molar-refractivity contribution in [1.82, 2.24) is 0 Å². The predicted molar refractivity (Wildman–Crippen MR) is 87.6 cm³/mol. The van der Waals surface area contributed by atoms with E-state index in [0.717, 1.165) is 45.3 Å². The monoisotopic (exact) mass is 302 g/mol. The van der Waals surface area contributed by atoms with Crippen LogP contribution < -0.4 is 18.9 Å². The molecule has 0 spiro atoms. The summed E-state index contributed by atoms with van der Waals surface area (Å²) in [5.74, 6) is 3.04. The van der Waals surface area contributed by atoms with Crippen LogP contribution in [0.2, 0.25) is 0 Å². The van der Waals surface area contributed by atoms with E-state index >= 15 is 0 Å². The Hall–Kier alpha value is -2.36. The van der Waals surface area contributed by atoms with E-state index in [9.17, 15) is 0 Å². The van der Waals surface area contributed by atoms with Crippen molar-refractivity contribution in [2.45, 2.75) is 13.8 Å². The van der Waals surface area contributed by atoms with Crippen molar-refractivity contribution in [3.05, 3.63) is 35.4 Å². The first kappa shape index (κ1) is 16.0. The normalized spacial score (nSPS) is 10.3. The van der Waals surface area contributed by atoms with Crippen LogP contribution in [0.3, 0.4) is 0 Å². The minimum atomic E-state index is 0.753.